The zero-order chi connectivity index (χ0) is 13.9. The van der Waals surface area contributed by atoms with Crippen LogP contribution in [0.3, 0.4) is 0 Å². The van der Waals surface area contributed by atoms with Gasteiger partial charge >= 0.3 is 0 Å². The van der Waals surface area contributed by atoms with Gasteiger partial charge in [-0.1, -0.05) is 22.9 Å². The van der Waals surface area contributed by atoms with Crippen molar-refractivity contribution in [3.8, 4) is 0 Å². The van der Waals surface area contributed by atoms with Crippen LogP contribution in [0.25, 0.3) is 0 Å². The fourth-order valence-electron chi connectivity index (χ4n) is 1.64. The quantitative estimate of drug-likeness (QED) is 0.795. The molecule has 0 spiro atoms. The van der Waals surface area contributed by atoms with Crippen molar-refractivity contribution in [2.75, 3.05) is 25.4 Å². The molecule has 0 fully saturated rings. The zero-order valence-electron chi connectivity index (χ0n) is 10.4. The molecule has 0 radical (unpaired) electrons. The molecule has 1 aromatic rings. The number of nitrogens with zero attached hydrogens (tertiary/aromatic N) is 1. The van der Waals surface area contributed by atoms with E-state index >= 15 is 0 Å². The van der Waals surface area contributed by atoms with Crippen LogP contribution in [0, 0.1) is 6.92 Å². The van der Waals surface area contributed by atoms with Gasteiger partial charge in [0.2, 0.25) is 10.0 Å². The monoisotopic (exact) mass is 336 g/mol. The topological polar surface area (TPSA) is 83.6 Å². The van der Waals surface area contributed by atoms with E-state index in [0.717, 1.165) is 0 Å². The SMILES string of the molecule is CCN(CCO)S(=O)(=O)c1cc(Br)cc(N)c1C. The Morgan fingerprint density at radius 3 is 2.56 bits per heavy atom. The predicted molar refractivity (Wildman–Crippen MR) is 74.8 cm³/mol. The highest BCUT2D eigenvalue weighted by atomic mass is 79.9. The molecular formula is C11H17BrN2O3S. The molecule has 5 nitrogen and oxygen atoms in total. The first kappa shape index (κ1) is 15.4. The Morgan fingerprint density at radius 2 is 2.06 bits per heavy atom. The molecule has 0 saturated heterocycles. The van der Waals surface area contributed by atoms with Gasteiger partial charge in [0.05, 0.1) is 11.5 Å². The van der Waals surface area contributed by atoms with Crippen LogP contribution in [-0.2, 0) is 10.0 Å². The lowest BCUT2D eigenvalue weighted by Crippen LogP contribution is -2.33. The molecule has 0 aliphatic carbocycles. The van der Waals surface area contributed by atoms with Gasteiger partial charge in [-0.2, -0.15) is 4.31 Å². The summed E-state index contributed by atoms with van der Waals surface area (Å²) in [5.41, 5.74) is 6.71. The summed E-state index contributed by atoms with van der Waals surface area (Å²) < 4.78 is 26.7. The average molecular weight is 337 g/mol. The first-order valence-electron chi connectivity index (χ1n) is 5.51. The van der Waals surface area contributed by atoms with Crippen LogP contribution in [-0.4, -0.2) is 37.5 Å². The molecule has 3 N–H and O–H groups in total. The average Bonchev–Trinajstić information content (AvgIpc) is 2.30. The summed E-state index contributed by atoms with van der Waals surface area (Å²) in [6, 6.07) is 3.19. The highest BCUT2D eigenvalue weighted by molar-refractivity contribution is 9.10. The lowest BCUT2D eigenvalue weighted by Gasteiger charge is -2.21. The smallest absolute Gasteiger partial charge is 0.243 e. The molecule has 0 aliphatic rings. The van der Waals surface area contributed by atoms with Crippen LogP contribution < -0.4 is 5.73 Å². The van der Waals surface area contributed by atoms with Gasteiger partial charge in [0.25, 0.3) is 0 Å². The van der Waals surface area contributed by atoms with Crippen molar-refractivity contribution in [2.24, 2.45) is 0 Å². The van der Waals surface area contributed by atoms with Crippen molar-refractivity contribution < 1.29 is 13.5 Å². The van der Waals surface area contributed by atoms with Crippen molar-refractivity contribution in [1.29, 1.82) is 0 Å². The number of hydrogen-bond donors (Lipinski definition) is 2. The number of sulfonamides is 1. The van der Waals surface area contributed by atoms with Gasteiger partial charge < -0.3 is 10.8 Å². The largest absolute Gasteiger partial charge is 0.398 e. The van der Waals surface area contributed by atoms with E-state index in [2.05, 4.69) is 15.9 Å². The third kappa shape index (κ3) is 3.03. The maximum absolute atomic E-state index is 12.4. The van der Waals surface area contributed by atoms with E-state index in [-0.39, 0.29) is 18.0 Å². The molecule has 0 bridgehead atoms. The van der Waals surface area contributed by atoms with Gasteiger partial charge in [-0.15, -0.1) is 0 Å². The Bertz CT molecular complexity index is 531. The van der Waals surface area contributed by atoms with Crippen LogP contribution in [0.4, 0.5) is 5.69 Å². The number of halogens is 1. The maximum Gasteiger partial charge on any atom is 0.243 e. The van der Waals surface area contributed by atoms with Gasteiger partial charge in [-0.3, -0.25) is 0 Å². The molecule has 7 heteroatoms. The third-order valence-corrected chi connectivity index (χ3v) is 5.24. The highest BCUT2D eigenvalue weighted by Gasteiger charge is 2.25. The summed E-state index contributed by atoms with van der Waals surface area (Å²) in [5.74, 6) is 0. The van der Waals surface area contributed by atoms with E-state index in [4.69, 9.17) is 10.8 Å². The third-order valence-electron chi connectivity index (χ3n) is 2.68. The van der Waals surface area contributed by atoms with Crippen molar-refractivity contribution in [3.63, 3.8) is 0 Å². The molecule has 0 saturated carbocycles. The van der Waals surface area contributed by atoms with Gasteiger partial charge in [-0.05, 0) is 24.6 Å². The van der Waals surface area contributed by atoms with Gasteiger partial charge in [0, 0.05) is 23.2 Å². The number of benzene rings is 1. The Kier molecular flexibility index (Phi) is 5.15. The summed E-state index contributed by atoms with van der Waals surface area (Å²) >= 11 is 3.24. The lowest BCUT2D eigenvalue weighted by atomic mass is 10.2. The molecule has 0 atom stereocenters. The molecule has 1 rings (SSSR count). The van der Waals surface area contributed by atoms with Crippen molar-refractivity contribution in [3.05, 3.63) is 22.2 Å². The molecule has 0 heterocycles. The minimum atomic E-state index is -3.63. The molecule has 0 amide bonds. The Balaban J connectivity index is 3.36. The van der Waals surface area contributed by atoms with E-state index < -0.39 is 10.0 Å². The minimum Gasteiger partial charge on any atom is -0.398 e. The molecule has 1 aromatic carbocycles. The minimum absolute atomic E-state index is 0.0741. The normalized spacial score (nSPS) is 12.1. The molecule has 0 unspecified atom stereocenters. The van der Waals surface area contributed by atoms with Crippen molar-refractivity contribution >= 4 is 31.6 Å². The van der Waals surface area contributed by atoms with Crippen LogP contribution in [0.2, 0.25) is 0 Å². The molecule has 18 heavy (non-hydrogen) atoms. The second-order valence-electron chi connectivity index (χ2n) is 3.84. The van der Waals surface area contributed by atoms with Gasteiger partial charge in [-0.25, -0.2) is 8.42 Å². The van der Waals surface area contributed by atoms with Gasteiger partial charge in [0.15, 0.2) is 0 Å². The van der Waals surface area contributed by atoms with Crippen LogP contribution >= 0.6 is 15.9 Å². The maximum atomic E-state index is 12.4. The number of rotatable bonds is 5. The Morgan fingerprint density at radius 1 is 1.44 bits per heavy atom. The summed E-state index contributed by atoms with van der Waals surface area (Å²) in [7, 11) is -3.63. The van der Waals surface area contributed by atoms with E-state index in [1.807, 2.05) is 0 Å². The van der Waals surface area contributed by atoms with Crippen LogP contribution in [0.15, 0.2) is 21.5 Å². The van der Waals surface area contributed by atoms with E-state index in [0.29, 0.717) is 22.3 Å². The first-order valence-corrected chi connectivity index (χ1v) is 7.74. The Hall–Kier alpha value is -0.630. The van der Waals surface area contributed by atoms with E-state index in [9.17, 15) is 8.42 Å². The summed E-state index contributed by atoms with van der Waals surface area (Å²) in [4.78, 5) is 0.171. The van der Waals surface area contributed by atoms with Crippen molar-refractivity contribution in [2.45, 2.75) is 18.7 Å². The second-order valence-corrected chi connectivity index (χ2v) is 6.66. The molecule has 0 aromatic heterocycles. The summed E-state index contributed by atoms with van der Waals surface area (Å²) in [5, 5.41) is 8.92. The number of nitrogen functional groups attached to an aromatic ring is 1. The van der Waals surface area contributed by atoms with Crippen LogP contribution in [0.1, 0.15) is 12.5 Å². The molecule has 102 valence electrons. The first-order chi connectivity index (χ1) is 8.34. The fourth-order valence-corrected chi connectivity index (χ4v) is 3.99. The van der Waals surface area contributed by atoms with E-state index in [1.165, 1.54) is 10.4 Å². The fraction of sp³-hybridized carbons (Fsp3) is 0.455. The van der Waals surface area contributed by atoms with Crippen LogP contribution in [0.5, 0.6) is 0 Å². The Labute approximate surface area is 116 Å². The highest BCUT2D eigenvalue weighted by Crippen LogP contribution is 2.28. The number of nitrogens with two attached hydrogens (primary N) is 1. The lowest BCUT2D eigenvalue weighted by molar-refractivity contribution is 0.257. The van der Waals surface area contributed by atoms with E-state index in [1.54, 1.807) is 19.9 Å². The number of hydrogen-bond acceptors (Lipinski definition) is 4. The number of aliphatic hydroxyl groups excluding tert-OH is 1. The second kappa shape index (κ2) is 6.01. The predicted octanol–water partition coefficient (Wildman–Crippen LogP) is 1.34. The molecule has 0 aliphatic heterocycles. The molecular weight excluding hydrogens is 320 g/mol. The number of anilines is 1. The standard InChI is InChI=1S/C11H17BrN2O3S/c1-3-14(4-5-15)18(16,17)11-7-9(12)6-10(13)8(11)2/h6-7,15H,3-5,13H2,1-2H3. The number of likely N-dealkylation sites (N-methyl/N-ethyl adjacent to an activating group) is 1. The zero-order valence-corrected chi connectivity index (χ0v) is 12.8. The van der Waals surface area contributed by atoms with Crippen molar-refractivity contribution in [1.82, 2.24) is 4.31 Å². The van der Waals surface area contributed by atoms with Gasteiger partial charge in [0.1, 0.15) is 0 Å². The summed E-state index contributed by atoms with van der Waals surface area (Å²) in [6.45, 7) is 3.56. The summed E-state index contributed by atoms with van der Waals surface area (Å²) in [6.07, 6.45) is 0. The number of aliphatic hydroxyl groups is 1.